The van der Waals surface area contributed by atoms with E-state index in [2.05, 4.69) is 6.07 Å². The summed E-state index contributed by atoms with van der Waals surface area (Å²) < 4.78 is 0. The van der Waals surface area contributed by atoms with Gasteiger partial charge in [-0.2, -0.15) is 0 Å². The molecular weight excluding hydrogens is 216 g/mol. The van der Waals surface area contributed by atoms with E-state index in [0.29, 0.717) is 5.25 Å². The molecule has 2 unspecified atom stereocenters. The van der Waals surface area contributed by atoms with Crippen molar-refractivity contribution in [3.8, 4) is 0 Å². The fourth-order valence-electron chi connectivity index (χ4n) is 1.81. The second-order valence-corrected chi connectivity index (χ2v) is 5.49. The number of thioether (sulfide) groups is 1. The summed E-state index contributed by atoms with van der Waals surface area (Å²) in [6.07, 6.45) is 1.61. The van der Waals surface area contributed by atoms with Gasteiger partial charge in [0.1, 0.15) is 0 Å². The van der Waals surface area contributed by atoms with Gasteiger partial charge in [0.2, 0.25) is 0 Å². The predicted molar refractivity (Wildman–Crippen MR) is 61.1 cm³/mol. The van der Waals surface area contributed by atoms with Crippen LogP contribution < -0.4 is 0 Å². The average molecular weight is 229 g/mol. The van der Waals surface area contributed by atoms with Crippen molar-refractivity contribution in [1.29, 1.82) is 0 Å². The zero-order valence-corrected chi connectivity index (χ0v) is 9.61. The van der Waals surface area contributed by atoms with E-state index in [4.69, 9.17) is 11.6 Å². The van der Waals surface area contributed by atoms with Gasteiger partial charge in [0.15, 0.2) is 0 Å². The Morgan fingerprint density at radius 2 is 2.43 bits per heavy atom. The second-order valence-electron chi connectivity index (χ2n) is 3.75. The molecule has 2 rings (SSSR count). The largest absolute Gasteiger partial charge is 0.393 e. The number of hydrogen-bond acceptors (Lipinski definition) is 2. The minimum atomic E-state index is -0.222. The van der Waals surface area contributed by atoms with Crippen LogP contribution in [0.3, 0.4) is 0 Å². The summed E-state index contributed by atoms with van der Waals surface area (Å²) in [4.78, 5) is 1.28. The summed E-state index contributed by atoms with van der Waals surface area (Å²) in [7, 11) is 0. The lowest BCUT2D eigenvalue weighted by molar-refractivity contribution is 0.184. The average Bonchev–Trinajstić information content (AvgIpc) is 2.47. The Morgan fingerprint density at radius 1 is 1.64 bits per heavy atom. The summed E-state index contributed by atoms with van der Waals surface area (Å²) in [5, 5.41) is 10.7. The molecule has 3 heteroatoms. The second kappa shape index (κ2) is 4.13. The van der Waals surface area contributed by atoms with Gasteiger partial charge >= 0.3 is 0 Å². The van der Waals surface area contributed by atoms with E-state index in [-0.39, 0.29) is 6.10 Å². The molecule has 1 nitrogen and oxygen atoms in total. The number of aliphatic hydroxyl groups excluding tert-OH is 1. The first-order chi connectivity index (χ1) is 6.66. The fourth-order valence-corrected chi connectivity index (χ4v) is 3.59. The molecule has 0 amide bonds. The number of hydrogen-bond donors (Lipinski definition) is 1. The first kappa shape index (κ1) is 10.3. The van der Waals surface area contributed by atoms with Gasteiger partial charge in [-0.15, -0.1) is 11.8 Å². The van der Waals surface area contributed by atoms with Crippen LogP contribution in [0, 0.1) is 0 Å². The van der Waals surface area contributed by atoms with E-state index in [1.165, 1.54) is 10.5 Å². The van der Waals surface area contributed by atoms with Crippen molar-refractivity contribution in [1.82, 2.24) is 0 Å². The van der Waals surface area contributed by atoms with Crippen LogP contribution >= 0.6 is 23.4 Å². The minimum absolute atomic E-state index is 0.222. The van der Waals surface area contributed by atoms with Crippen LogP contribution in [-0.2, 0) is 6.42 Å². The molecule has 0 aliphatic carbocycles. The number of benzene rings is 1. The summed E-state index contributed by atoms with van der Waals surface area (Å²) >= 11 is 7.93. The van der Waals surface area contributed by atoms with E-state index in [1.54, 1.807) is 0 Å². The van der Waals surface area contributed by atoms with Crippen LogP contribution in [0.15, 0.2) is 23.1 Å². The first-order valence-corrected chi connectivity index (χ1v) is 6.04. The normalized spacial score (nSPS) is 22.1. The van der Waals surface area contributed by atoms with Crippen LogP contribution in [0.25, 0.3) is 0 Å². The number of fused-ring (bicyclic) bond motifs is 1. The molecule has 0 bridgehead atoms. The molecule has 0 fully saturated rings. The first-order valence-electron chi connectivity index (χ1n) is 4.79. The highest BCUT2D eigenvalue weighted by molar-refractivity contribution is 8.00. The predicted octanol–water partition coefficient (Wildman–Crippen LogP) is 3.13. The molecule has 2 atom stereocenters. The van der Waals surface area contributed by atoms with Gasteiger partial charge in [0, 0.05) is 15.2 Å². The standard InChI is InChI=1S/C11H13ClOS/c1-7(13)5-8-6-9-10(12)3-2-4-11(9)14-8/h2-4,7-8,13H,5-6H2,1H3. The third-order valence-corrected chi connectivity index (χ3v) is 4.09. The smallest absolute Gasteiger partial charge is 0.0522 e. The topological polar surface area (TPSA) is 20.2 Å². The van der Waals surface area contributed by atoms with Gasteiger partial charge in [-0.05, 0) is 37.5 Å². The molecule has 0 aromatic heterocycles. The van der Waals surface area contributed by atoms with Crippen molar-refractivity contribution in [2.75, 3.05) is 0 Å². The minimum Gasteiger partial charge on any atom is -0.393 e. The molecule has 0 saturated heterocycles. The maximum Gasteiger partial charge on any atom is 0.0522 e. The lowest BCUT2D eigenvalue weighted by atomic mass is 10.1. The van der Waals surface area contributed by atoms with Crippen molar-refractivity contribution in [3.63, 3.8) is 0 Å². The van der Waals surface area contributed by atoms with Crippen LogP contribution in [-0.4, -0.2) is 16.5 Å². The number of rotatable bonds is 2. The number of aliphatic hydroxyl groups is 1. The zero-order chi connectivity index (χ0) is 10.1. The Balaban J connectivity index is 2.14. The summed E-state index contributed by atoms with van der Waals surface area (Å²) in [6, 6.07) is 6.03. The molecule has 1 N–H and O–H groups in total. The quantitative estimate of drug-likeness (QED) is 0.840. The maximum atomic E-state index is 9.31. The fraction of sp³-hybridized carbons (Fsp3) is 0.455. The Kier molecular flexibility index (Phi) is 3.05. The number of halogens is 1. The molecule has 0 radical (unpaired) electrons. The van der Waals surface area contributed by atoms with Crippen molar-refractivity contribution >= 4 is 23.4 Å². The highest BCUT2D eigenvalue weighted by Crippen LogP contribution is 2.41. The summed E-state index contributed by atoms with van der Waals surface area (Å²) in [5.41, 5.74) is 1.25. The van der Waals surface area contributed by atoms with Gasteiger partial charge < -0.3 is 5.11 Å². The molecule has 1 aromatic carbocycles. The van der Waals surface area contributed by atoms with Crippen LogP contribution in [0.1, 0.15) is 18.9 Å². The highest BCUT2D eigenvalue weighted by Gasteiger charge is 2.24. The van der Waals surface area contributed by atoms with E-state index < -0.39 is 0 Å². The Hall–Kier alpha value is -0.180. The molecule has 1 aliphatic heterocycles. The van der Waals surface area contributed by atoms with Crippen molar-refractivity contribution < 1.29 is 5.11 Å². The molecule has 1 aromatic rings. The molecule has 0 spiro atoms. The molecular formula is C11H13ClOS. The van der Waals surface area contributed by atoms with Crippen molar-refractivity contribution in [2.45, 2.75) is 36.0 Å². The zero-order valence-electron chi connectivity index (χ0n) is 8.03. The molecule has 76 valence electrons. The van der Waals surface area contributed by atoms with E-state index in [1.807, 2.05) is 30.8 Å². The molecule has 1 aliphatic rings. The molecule has 0 saturated carbocycles. The third-order valence-electron chi connectivity index (χ3n) is 2.41. The third kappa shape index (κ3) is 2.08. The van der Waals surface area contributed by atoms with Crippen molar-refractivity contribution in [3.05, 3.63) is 28.8 Å². The monoisotopic (exact) mass is 228 g/mol. The van der Waals surface area contributed by atoms with Crippen LogP contribution in [0.2, 0.25) is 5.02 Å². The van der Waals surface area contributed by atoms with Gasteiger partial charge in [-0.3, -0.25) is 0 Å². The van der Waals surface area contributed by atoms with Crippen molar-refractivity contribution in [2.24, 2.45) is 0 Å². The lowest BCUT2D eigenvalue weighted by Gasteiger charge is -2.09. The van der Waals surface area contributed by atoms with Gasteiger partial charge in [0.25, 0.3) is 0 Å². The van der Waals surface area contributed by atoms with E-state index in [0.717, 1.165) is 17.9 Å². The van der Waals surface area contributed by atoms with E-state index in [9.17, 15) is 5.11 Å². The SMILES string of the molecule is CC(O)CC1Cc2c(Cl)cccc2S1. The van der Waals surface area contributed by atoms with Crippen LogP contribution in [0.5, 0.6) is 0 Å². The maximum absolute atomic E-state index is 9.31. The van der Waals surface area contributed by atoms with Crippen LogP contribution in [0.4, 0.5) is 0 Å². The molecule has 1 heterocycles. The Bertz CT molecular complexity index is 338. The lowest BCUT2D eigenvalue weighted by Crippen LogP contribution is -2.10. The van der Waals surface area contributed by atoms with Gasteiger partial charge in [-0.25, -0.2) is 0 Å². The highest BCUT2D eigenvalue weighted by atomic mass is 35.5. The summed E-state index contributed by atoms with van der Waals surface area (Å²) in [6.45, 7) is 1.84. The Labute approximate surface area is 93.5 Å². The molecule has 14 heavy (non-hydrogen) atoms. The van der Waals surface area contributed by atoms with Gasteiger partial charge in [-0.1, -0.05) is 17.7 Å². The van der Waals surface area contributed by atoms with Gasteiger partial charge in [0.05, 0.1) is 6.10 Å². The summed E-state index contributed by atoms with van der Waals surface area (Å²) in [5.74, 6) is 0. The Morgan fingerprint density at radius 3 is 3.07 bits per heavy atom. The van der Waals surface area contributed by atoms with E-state index >= 15 is 0 Å².